The van der Waals surface area contributed by atoms with E-state index in [1.165, 1.54) is 7.11 Å². The van der Waals surface area contributed by atoms with E-state index in [0.717, 1.165) is 24.0 Å². The first kappa shape index (κ1) is 35.5. The molecule has 7 rings (SSSR count). The van der Waals surface area contributed by atoms with Crippen LogP contribution in [-0.4, -0.2) is 101 Å². The van der Waals surface area contributed by atoms with Gasteiger partial charge in [-0.3, -0.25) is 24.2 Å². The van der Waals surface area contributed by atoms with Crippen LogP contribution in [0.25, 0.3) is 11.1 Å². The Balaban J connectivity index is 0.900. The van der Waals surface area contributed by atoms with Gasteiger partial charge in [-0.25, -0.2) is 0 Å². The molecular weight excluding hydrogens is 678 g/mol. The van der Waals surface area contributed by atoms with Crippen molar-refractivity contribution in [3.05, 3.63) is 77.9 Å². The molecule has 2 saturated heterocycles. The van der Waals surface area contributed by atoms with Gasteiger partial charge in [0.1, 0.15) is 11.4 Å². The van der Waals surface area contributed by atoms with Gasteiger partial charge >= 0.3 is 0 Å². The topological polar surface area (TPSA) is 149 Å². The van der Waals surface area contributed by atoms with Gasteiger partial charge in [0.15, 0.2) is 11.5 Å². The van der Waals surface area contributed by atoms with Crippen molar-refractivity contribution in [1.82, 2.24) is 18.9 Å². The van der Waals surface area contributed by atoms with Gasteiger partial charge in [-0.1, -0.05) is 12.1 Å². The van der Waals surface area contributed by atoms with E-state index in [2.05, 4.69) is 15.6 Å². The molecule has 2 fully saturated rings. The van der Waals surface area contributed by atoms with Crippen LogP contribution in [0.1, 0.15) is 57.0 Å². The van der Waals surface area contributed by atoms with Gasteiger partial charge in [-0.2, -0.15) is 0 Å². The predicted molar refractivity (Wildman–Crippen MR) is 200 cm³/mol. The quantitative estimate of drug-likeness (QED) is 0.210. The first-order valence-electron chi connectivity index (χ1n) is 17.8. The highest BCUT2D eigenvalue weighted by Crippen LogP contribution is 2.38. The second-order valence-electron chi connectivity index (χ2n) is 13.4. The summed E-state index contributed by atoms with van der Waals surface area (Å²) in [4.78, 5) is 60.3. The van der Waals surface area contributed by atoms with Gasteiger partial charge in [-0.15, -0.1) is 0 Å². The number of hydrogen-bond acceptors (Lipinski definition) is 8. The van der Waals surface area contributed by atoms with Crippen LogP contribution in [0.3, 0.4) is 0 Å². The lowest BCUT2D eigenvalue weighted by molar-refractivity contribution is -0.116. The maximum atomic E-state index is 13.2. The fraction of sp³-hybridized carbons (Fsp3) is 0.359. The number of carbonyl (C=O) groups is 4. The van der Waals surface area contributed by atoms with Gasteiger partial charge in [0.25, 0.3) is 17.7 Å². The van der Waals surface area contributed by atoms with Crippen molar-refractivity contribution in [2.45, 2.75) is 31.7 Å². The van der Waals surface area contributed by atoms with Crippen LogP contribution in [0.2, 0.25) is 0 Å². The van der Waals surface area contributed by atoms with Crippen LogP contribution in [-0.2, 0) is 23.6 Å². The van der Waals surface area contributed by atoms with Crippen LogP contribution in [0.5, 0.6) is 11.5 Å². The third-order valence-corrected chi connectivity index (χ3v) is 9.78. The number of aryl methyl sites for hydroxylation is 2. The Kier molecular flexibility index (Phi) is 10.3. The van der Waals surface area contributed by atoms with Crippen molar-refractivity contribution >= 4 is 46.9 Å². The smallest absolute Gasteiger partial charge is 0.272 e. The van der Waals surface area contributed by atoms with Gasteiger partial charge in [-0.05, 0) is 55.2 Å². The molecule has 3 aliphatic rings. The van der Waals surface area contributed by atoms with E-state index in [-0.39, 0.29) is 42.7 Å². The number of hydrogen-bond donors (Lipinski definition) is 2. The Morgan fingerprint density at radius 1 is 0.887 bits per heavy atom. The molecule has 4 aromatic rings. The summed E-state index contributed by atoms with van der Waals surface area (Å²) in [6.07, 6.45) is 7.90. The highest BCUT2D eigenvalue weighted by molar-refractivity contribution is 6.05. The lowest BCUT2D eigenvalue weighted by Crippen LogP contribution is -2.41. The lowest BCUT2D eigenvalue weighted by atomic mass is 10.1. The molecule has 0 saturated carbocycles. The summed E-state index contributed by atoms with van der Waals surface area (Å²) in [6.45, 7) is 3.19. The molecule has 53 heavy (non-hydrogen) atoms. The highest BCUT2D eigenvalue weighted by atomic mass is 16.5. The number of nitrogens with zero attached hydrogens (tertiary/aromatic N) is 5. The van der Waals surface area contributed by atoms with Crippen molar-refractivity contribution in [1.29, 1.82) is 0 Å². The van der Waals surface area contributed by atoms with Gasteiger partial charge in [0, 0.05) is 76.1 Å². The SMILES string of the molecule is COc1cc2c(cc1OCCCC(=O)Nc1cc(C(=O)Nc3ccc(-c4cc(C(=O)N5CCOCC5)n(C)c4)cc3)n(C)c1)N=C[C@@H]1CCCN1C2=O. The number of methoxy groups -OCH3 is 1. The van der Waals surface area contributed by atoms with Crippen molar-refractivity contribution < 1.29 is 33.4 Å². The number of rotatable bonds is 11. The second-order valence-corrected chi connectivity index (χ2v) is 13.4. The molecule has 276 valence electrons. The first-order chi connectivity index (χ1) is 25.7. The average molecular weight is 722 g/mol. The summed E-state index contributed by atoms with van der Waals surface area (Å²) in [5.41, 5.74) is 4.93. The Labute approximate surface area is 307 Å². The van der Waals surface area contributed by atoms with Crippen molar-refractivity contribution in [2.75, 3.05) is 57.2 Å². The highest BCUT2D eigenvalue weighted by Gasteiger charge is 2.32. The van der Waals surface area contributed by atoms with Crippen LogP contribution >= 0.6 is 0 Å². The number of ether oxygens (including phenoxy) is 3. The minimum absolute atomic E-state index is 0.00705. The third-order valence-electron chi connectivity index (χ3n) is 9.78. The lowest BCUT2D eigenvalue weighted by Gasteiger charge is -2.26. The fourth-order valence-corrected chi connectivity index (χ4v) is 6.92. The number of anilines is 2. The largest absolute Gasteiger partial charge is 0.493 e. The Hall–Kier alpha value is -5.89. The van der Waals surface area contributed by atoms with Crippen LogP contribution in [0.4, 0.5) is 17.1 Å². The zero-order valence-electron chi connectivity index (χ0n) is 30.1. The van der Waals surface area contributed by atoms with E-state index >= 15 is 0 Å². The van der Waals surface area contributed by atoms with Crippen molar-refractivity contribution in [2.24, 2.45) is 19.1 Å². The number of aliphatic imine (C=N–C) groups is 1. The minimum atomic E-state index is -0.326. The van der Waals surface area contributed by atoms with Crippen molar-refractivity contribution in [3.63, 3.8) is 0 Å². The Morgan fingerprint density at radius 3 is 2.43 bits per heavy atom. The fourth-order valence-electron chi connectivity index (χ4n) is 6.92. The van der Waals surface area contributed by atoms with Gasteiger partial charge in [0.05, 0.1) is 49.9 Å². The average Bonchev–Trinajstić information content (AvgIpc) is 3.88. The molecular formula is C39H43N7O7. The predicted octanol–water partition coefficient (Wildman–Crippen LogP) is 4.88. The molecule has 14 heteroatoms. The van der Waals surface area contributed by atoms with E-state index < -0.39 is 0 Å². The summed E-state index contributed by atoms with van der Waals surface area (Å²) >= 11 is 0. The molecule has 0 spiro atoms. The standard InChI is InChI=1S/C39H43N7O7/c1-43-23-26(18-33(43)39(50)45-13-16-52-17-14-45)25-8-10-27(11-9-25)42-37(48)32-19-28(24-44(32)2)41-36(47)7-5-15-53-35-21-31-30(20-34(35)51-3)38(49)46-12-4-6-29(46)22-40-31/h8-11,18-24,29H,4-7,12-17H2,1-3H3,(H,41,47)(H,42,48)/t29-/m0/s1. The number of carbonyl (C=O) groups excluding carboxylic acids is 4. The molecule has 0 bridgehead atoms. The van der Waals surface area contributed by atoms with Crippen LogP contribution in [0, 0.1) is 0 Å². The molecule has 2 aromatic carbocycles. The normalized spacial score (nSPS) is 16.5. The van der Waals surface area contributed by atoms with E-state index in [1.54, 1.807) is 40.9 Å². The zero-order chi connectivity index (χ0) is 37.1. The molecule has 5 heterocycles. The molecule has 0 unspecified atom stereocenters. The summed E-state index contributed by atoms with van der Waals surface area (Å²) in [6, 6.07) is 14.3. The van der Waals surface area contributed by atoms with E-state index in [4.69, 9.17) is 14.2 Å². The van der Waals surface area contributed by atoms with E-state index in [9.17, 15) is 19.2 Å². The molecule has 14 nitrogen and oxygen atoms in total. The molecule has 0 radical (unpaired) electrons. The molecule has 4 amide bonds. The maximum absolute atomic E-state index is 13.2. The maximum Gasteiger partial charge on any atom is 0.272 e. The molecule has 2 aromatic heterocycles. The molecule has 1 atom stereocenters. The van der Waals surface area contributed by atoms with Crippen LogP contribution in [0.15, 0.2) is 65.9 Å². The van der Waals surface area contributed by atoms with Gasteiger partial charge < -0.3 is 43.8 Å². The number of morpholine rings is 1. The zero-order valence-corrected chi connectivity index (χ0v) is 30.1. The minimum Gasteiger partial charge on any atom is -0.493 e. The number of fused-ring (bicyclic) bond motifs is 2. The number of benzene rings is 2. The third kappa shape index (κ3) is 7.68. The summed E-state index contributed by atoms with van der Waals surface area (Å²) in [5.74, 6) is 0.262. The molecule has 3 aliphatic heterocycles. The van der Waals surface area contributed by atoms with Crippen LogP contribution < -0.4 is 20.1 Å². The molecule has 2 N–H and O–H groups in total. The number of aromatic nitrogens is 2. The van der Waals surface area contributed by atoms with E-state index in [1.807, 2.05) is 59.3 Å². The number of nitrogens with one attached hydrogen (secondary N) is 2. The summed E-state index contributed by atoms with van der Waals surface area (Å²) in [7, 11) is 5.12. The van der Waals surface area contributed by atoms with Crippen molar-refractivity contribution in [3.8, 4) is 22.6 Å². The Morgan fingerprint density at radius 2 is 1.66 bits per heavy atom. The summed E-state index contributed by atoms with van der Waals surface area (Å²) in [5, 5.41) is 5.78. The molecule has 0 aliphatic carbocycles. The summed E-state index contributed by atoms with van der Waals surface area (Å²) < 4.78 is 20.3. The van der Waals surface area contributed by atoms with Gasteiger partial charge in [0.2, 0.25) is 5.91 Å². The number of amides is 4. The first-order valence-corrected chi connectivity index (χ1v) is 17.8. The monoisotopic (exact) mass is 721 g/mol. The second kappa shape index (κ2) is 15.4. The Bertz CT molecular complexity index is 2060. The van der Waals surface area contributed by atoms with E-state index in [0.29, 0.717) is 84.8 Å².